The minimum atomic E-state index is -0.0713. The molecule has 0 bridgehead atoms. The van der Waals surface area contributed by atoms with Gasteiger partial charge in [-0.15, -0.1) is 0 Å². The van der Waals surface area contributed by atoms with Crippen LogP contribution in [0.3, 0.4) is 0 Å². The van der Waals surface area contributed by atoms with Gasteiger partial charge in [0.15, 0.2) is 0 Å². The zero-order valence-corrected chi connectivity index (χ0v) is 11.7. The summed E-state index contributed by atoms with van der Waals surface area (Å²) in [7, 11) is 1.72. The summed E-state index contributed by atoms with van der Waals surface area (Å²) in [6.45, 7) is 7.33. The molecule has 1 amide bonds. The molecule has 1 heterocycles. The second-order valence-corrected chi connectivity index (χ2v) is 5.50. The molecule has 1 fully saturated rings. The van der Waals surface area contributed by atoms with Gasteiger partial charge in [0.25, 0.3) is 0 Å². The van der Waals surface area contributed by atoms with Crippen molar-refractivity contribution in [2.24, 2.45) is 0 Å². The standard InChI is InChI=1S/C11H21BrN2O2/c1-10(12)11(15)14-5-3-4-13(6-7-14)8-9-16-2/h10H,3-9H2,1-2H3. The molecule has 16 heavy (non-hydrogen) atoms. The highest BCUT2D eigenvalue weighted by molar-refractivity contribution is 9.10. The van der Waals surface area contributed by atoms with Crippen molar-refractivity contribution in [1.82, 2.24) is 9.80 Å². The SMILES string of the molecule is COCCN1CCCN(C(=O)C(C)Br)CC1. The number of methoxy groups -OCH3 is 1. The summed E-state index contributed by atoms with van der Waals surface area (Å²) in [5.74, 6) is 0.202. The lowest BCUT2D eigenvalue weighted by molar-refractivity contribution is -0.130. The van der Waals surface area contributed by atoms with Crippen molar-refractivity contribution in [2.75, 3.05) is 46.4 Å². The van der Waals surface area contributed by atoms with E-state index >= 15 is 0 Å². The third kappa shape index (κ3) is 4.39. The van der Waals surface area contributed by atoms with Crippen molar-refractivity contribution in [3.63, 3.8) is 0 Å². The van der Waals surface area contributed by atoms with Crippen LogP contribution >= 0.6 is 15.9 Å². The Kier molecular flexibility index (Phi) is 6.31. The fourth-order valence-corrected chi connectivity index (χ4v) is 2.18. The summed E-state index contributed by atoms with van der Waals surface area (Å²) in [6, 6.07) is 0. The van der Waals surface area contributed by atoms with E-state index in [1.54, 1.807) is 7.11 Å². The molecule has 0 radical (unpaired) electrons. The predicted molar refractivity (Wildman–Crippen MR) is 67.9 cm³/mol. The molecule has 1 aliphatic heterocycles. The molecule has 1 rings (SSSR count). The molecule has 0 saturated carbocycles. The van der Waals surface area contributed by atoms with Crippen LogP contribution in [0.2, 0.25) is 0 Å². The minimum Gasteiger partial charge on any atom is -0.383 e. The Bertz CT molecular complexity index is 224. The van der Waals surface area contributed by atoms with E-state index in [0.717, 1.165) is 45.8 Å². The van der Waals surface area contributed by atoms with E-state index in [0.29, 0.717) is 0 Å². The third-order valence-corrected chi connectivity index (χ3v) is 3.24. The molecule has 5 heteroatoms. The lowest BCUT2D eigenvalue weighted by atomic mass is 10.3. The molecule has 4 nitrogen and oxygen atoms in total. The van der Waals surface area contributed by atoms with Gasteiger partial charge in [-0.2, -0.15) is 0 Å². The number of carbonyl (C=O) groups is 1. The first kappa shape index (κ1) is 13.9. The number of halogens is 1. The van der Waals surface area contributed by atoms with Crippen LogP contribution in [0.25, 0.3) is 0 Å². The summed E-state index contributed by atoms with van der Waals surface area (Å²) in [5.41, 5.74) is 0. The van der Waals surface area contributed by atoms with Gasteiger partial charge in [0.05, 0.1) is 11.4 Å². The summed E-state index contributed by atoms with van der Waals surface area (Å²) in [5, 5.41) is 0. The van der Waals surface area contributed by atoms with E-state index in [4.69, 9.17) is 4.74 Å². The third-order valence-electron chi connectivity index (χ3n) is 2.85. The first-order chi connectivity index (χ1) is 7.65. The normalized spacial score (nSPS) is 20.6. The zero-order valence-electron chi connectivity index (χ0n) is 10.1. The number of hydrogen-bond donors (Lipinski definition) is 0. The molecular weight excluding hydrogens is 272 g/mol. The average Bonchev–Trinajstić information content (AvgIpc) is 2.50. The molecule has 0 aromatic carbocycles. The molecule has 0 N–H and O–H groups in total. The topological polar surface area (TPSA) is 32.8 Å². The average molecular weight is 293 g/mol. The number of carbonyl (C=O) groups excluding carboxylic acids is 1. The highest BCUT2D eigenvalue weighted by atomic mass is 79.9. The summed E-state index contributed by atoms with van der Waals surface area (Å²) in [4.78, 5) is 16.0. The second-order valence-electron chi connectivity index (χ2n) is 4.13. The summed E-state index contributed by atoms with van der Waals surface area (Å²) in [6.07, 6.45) is 1.05. The summed E-state index contributed by atoms with van der Waals surface area (Å²) >= 11 is 3.33. The molecule has 0 aliphatic carbocycles. The summed E-state index contributed by atoms with van der Waals surface area (Å²) < 4.78 is 5.07. The van der Waals surface area contributed by atoms with E-state index in [1.807, 2.05) is 11.8 Å². The van der Waals surface area contributed by atoms with Crippen LogP contribution in [0.5, 0.6) is 0 Å². The second kappa shape index (κ2) is 7.25. The molecule has 0 aromatic rings. The molecule has 1 aliphatic rings. The van der Waals surface area contributed by atoms with Gasteiger partial charge in [0.2, 0.25) is 5.91 Å². The first-order valence-electron chi connectivity index (χ1n) is 5.79. The monoisotopic (exact) mass is 292 g/mol. The van der Waals surface area contributed by atoms with E-state index in [-0.39, 0.29) is 10.7 Å². The lowest BCUT2D eigenvalue weighted by Gasteiger charge is -2.22. The van der Waals surface area contributed by atoms with Crippen LogP contribution in [0.4, 0.5) is 0 Å². The fourth-order valence-electron chi connectivity index (χ4n) is 1.89. The quantitative estimate of drug-likeness (QED) is 0.724. The molecular formula is C11H21BrN2O2. The van der Waals surface area contributed by atoms with Gasteiger partial charge >= 0.3 is 0 Å². The Balaban J connectivity index is 2.37. The maximum Gasteiger partial charge on any atom is 0.236 e. The van der Waals surface area contributed by atoms with Gasteiger partial charge < -0.3 is 9.64 Å². The van der Waals surface area contributed by atoms with Gasteiger partial charge in [0, 0.05) is 33.3 Å². The van der Waals surface area contributed by atoms with E-state index in [2.05, 4.69) is 20.8 Å². The van der Waals surface area contributed by atoms with E-state index < -0.39 is 0 Å². The molecule has 0 aromatic heterocycles. The van der Waals surface area contributed by atoms with Crippen LogP contribution in [0, 0.1) is 0 Å². The van der Waals surface area contributed by atoms with Gasteiger partial charge in [0.1, 0.15) is 0 Å². The van der Waals surface area contributed by atoms with Crippen LogP contribution in [-0.2, 0) is 9.53 Å². The highest BCUT2D eigenvalue weighted by Gasteiger charge is 2.21. The molecule has 94 valence electrons. The smallest absolute Gasteiger partial charge is 0.236 e. The minimum absolute atomic E-state index is 0.0713. The molecule has 1 saturated heterocycles. The Morgan fingerprint density at radius 2 is 2.12 bits per heavy atom. The van der Waals surface area contributed by atoms with Crippen LogP contribution in [0.1, 0.15) is 13.3 Å². The van der Waals surface area contributed by atoms with Crippen molar-refractivity contribution < 1.29 is 9.53 Å². The van der Waals surface area contributed by atoms with Gasteiger partial charge in [-0.3, -0.25) is 9.69 Å². The number of hydrogen-bond acceptors (Lipinski definition) is 3. The van der Waals surface area contributed by atoms with Crippen molar-refractivity contribution >= 4 is 21.8 Å². The largest absolute Gasteiger partial charge is 0.383 e. The van der Waals surface area contributed by atoms with Crippen LogP contribution < -0.4 is 0 Å². The first-order valence-corrected chi connectivity index (χ1v) is 6.71. The zero-order chi connectivity index (χ0) is 12.0. The Morgan fingerprint density at radius 1 is 1.38 bits per heavy atom. The van der Waals surface area contributed by atoms with Crippen LogP contribution in [-0.4, -0.2) is 67.0 Å². The maximum absolute atomic E-state index is 11.8. The molecule has 0 spiro atoms. The van der Waals surface area contributed by atoms with Crippen LogP contribution in [0.15, 0.2) is 0 Å². The van der Waals surface area contributed by atoms with Gasteiger partial charge in [-0.25, -0.2) is 0 Å². The van der Waals surface area contributed by atoms with E-state index in [1.165, 1.54) is 0 Å². The Hall–Kier alpha value is -0.130. The van der Waals surface area contributed by atoms with Gasteiger partial charge in [-0.05, 0) is 19.9 Å². The number of nitrogens with zero attached hydrogens (tertiary/aromatic N) is 2. The fraction of sp³-hybridized carbons (Fsp3) is 0.909. The maximum atomic E-state index is 11.8. The molecule has 1 atom stereocenters. The predicted octanol–water partition coefficient (Wildman–Crippen LogP) is 0.951. The number of rotatable bonds is 4. The number of ether oxygens (including phenoxy) is 1. The van der Waals surface area contributed by atoms with E-state index in [9.17, 15) is 4.79 Å². The Labute approximate surface area is 106 Å². The van der Waals surface area contributed by atoms with Gasteiger partial charge in [-0.1, -0.05) is 15.9 Å². The number of amides is 1. The highest BCUT2D eigenvalue weighted by Crippen LogP contribution is 2.08. The van der Waals surface area contributed by atoms with Crippen molar-refractivity contribution in [3.05, 3.63) is 0 Å². The lowest BCUT2D eigenvalue weighted by Crippen LogP contribution is -2.38. The van der Waals surface area contributed by atoms with Crippen molar-refractivity contribution in [2.45, 2.75) is 18.2 Å². The van der Waals surface area contributed by atoms with Crippen molar-refractivity contribution in [3.8, 4) is 0 Å². The Morgan fingerprint density at radius 3 is 2.75 bits per heavy atom. The molecule has 1 unspecified atom stereocenters. The number of alkyl halides is 1. The van der Waals surface area contributed by atoms with Crippen molar-refractivity contribution in [1.29, 1.82) is 0 Å².